The lowest BCUT2D eigenvalue weighted by Crippen LogP contribution is -2.15. The highest BCUT2D eigenvalue weighted by atomic mass is 16.6. The Hall–Kier alpha value is -3.48. The maximum absolute atomic E-state index is 12.3. The number of aromatic amines is 1. The van der Waals surface area contributed by atoms with Gasteiger partial charge in [-0.25, -0.2) is 0 Å². The minimum Gasteiger partial charge on any atom is -0.322 e. The number of nitro benzene ring substituents is 1. The molecule has 1 amide bonds. The molecule has 26 heavy (non-hydrogen) atoms. The average molecular weight is 351 g/mol. The molecule has 0 unspecified atom stereocenters. The van der Waals surface area contributed by atoms with Gasteiger partial charge in [0.2, 0.25) is 0 Å². The Balaban J connectivity index is 1.90. The number of anilines is 1. The van der Waals surface area contributed by atoms with Gasteiger partial charge in [-0.15, -0.1) is 0 Å². The van der Waals surface area contributed by atoms with E-state index in [9.17, 15) is 19.7 Å². The Kier molecular flexibility index (Phi) is 4.53. The third-order valence-electron chi connectivity index (χ3n) is 4.35. The number of H-pyrrole nitrogens is 1. The van der Waals surface area contributed by atoms with Crippen LogP contribution in [-0.4, -0.2) is 15.8 Å². The largest absolute Gasteiger partial charge is 0.322 e. The molecule has 3 aromatic rings. The van der Waals surface area contributed by atoms with E-state index in [-0.39, 0.29) is 17.2 Å². The smallest absolute Gasteiger partial charge is 0.269 e. The topological polar surface area (TPSA) is 105 Å². The van der Waals surface area contributed by atoms with Crippen LogP contribution in [0.2, 0.25) is 0 Å². The number of rotatable bonds is 4. The molecule has 0 radical (unpaired) electrons. The van der Waals surface area contributed by atoms with Crippen LogP contribution in [0.5, 0.6) is 0 Å². The molecule has 0 fully saturated rings. The summed E-state index contributed by atoms with van der Waals surface area (Å²) in [5.74, 6) is -0.386. The van der Waals surface area contributed by atoms with Gasteiger partial charge in [-0.2, -0.15) is 0 Å². The Labute approximate surface area is 148 Å². The van der Waals surface area contributed by atoms with Crippen molar-refractivity contribution >= 4 is 28.2 Å². The number of pyridine rings is 1. The van der Waals surface area contributed by atoms with Crippen molar-refractivity contribution in [2.24, 2.45) is 0 Å². The number of aryl methyl sites for hydroxylation is 1. The second-order valence-electron chi connectivity index (χ2n) is 5.93. The third kappa shape index (κ3) is 3.19. The lowest BCUT2D eigenvalue weighted by Gasteiger charge is -2.10. The molecule has 0 bridgehead atoms. The number of benzene rings is 2. The fourth-order valence-electron chi connectivity index (χ4n) is 2.95. The Morgan fingerprint density at radius 1 is 1.19 bits per heavy atom. The molecule has 0 aliphatic carbocycles. The highest BCUT2D eigenvalue weighted by molar-refractivity contribution is 6.05. The first-order valence-electron chi connectivity index (χ1n) is 8.12. The van der Waals surface area contributed by atoms with Gasteiger partial charge in [-0.3, -0.25) is 19.7 Å². The highest BCUT2D eigenvalue weighted by Crippen LogP contribution is 2.22. The summed E-state index contributed by atoms with van der Waals surface area (Å²) in [5, 5.41) is 14.3. The predicted molar refractivity (Wildman–Crippen MR) is 99.7 cm³/mol. The number of amides is 1. The molecule has 0 saturated carbocycles. The Bertz CT molecular complexity index is 1070. The van der Waals surface area contributed by atoms with E-state index in [0.29, 0.717) is 23.2 Å². The SMILES string of the molecule is CCc1c(C)c2ccc(NC(=O)c3ccc([N+](=O)[O-])cc3)cc2[nH]c1=O. The van der Waals surface area contributed by atoms with Crippen molar-refractivity contribution < 1.29 is 9.72 Å². The summed E-state index contributed by atoms with van der Waals surface area (Å²) >= 11 is 0. The van der Waals surface area contributed by atoms with Crippen LogP contribution in [0.25, 0.3) is 10.9 Å². The van der Waals surface area contributed by atoms with E-state index in [2.05, 4.69) is 10.3 Å². The fourth-order valence-corrected chi connectivity index (χ4v) is 2.95. The summed E-state index contributed by atoms with van der Waals surface area (Å²) in [4.78, 5) is 37.4. The summed E-state index contributed by atoms with van der Waals surface area (Å²) in [5.41, 5.74) is 2.95. The lowest BCUT2D eigenvalue weighted by atomic mass is 10.0. The number of carbonyl (C=O) groups excluding carboxylic acids is 1. The number of non-ortho nitro benzene ring substituents is 1. The summed E-state index contributed by atoms with van der Waals surface area (Å²) in [6, 6.07) is 10.7. The molecule has 1 aromatic heterocycles. The van der Waals surface area contributed by atoms with Crippen LogP contribution in [0, 0.1) is 17.0 Å². The van der Waals surface area contributed by atoms with Gasteiger partial charge >= 0.3 is 0 Å². The normalized spacial score (nSPS) is 10.7. The average Bonchev–Trinajstić information content (AvgIpc) is 2.62. The third-order valence-corrected chi connectivity index (χ3v) is 4.35. The van der Waals surface area contributed by atoms with Gasteiger partial charge in [0.15, 0.2) is 0 Å². The quantitative estimate of drug-likeness (QED) is 0.554. The summed E-state index contributed by atoms with van der Waals surface area (Å²) in [6.45, 7) is 3.84. The zero-order valence-electron chi connectivity index (χ0n) is 14.3. The summed E-state index contributed by atoms with van der Waals surface area (Å²) in [7, 11) is 0. The predicted octanol–water partition coefficient (Wildman–Crippen LogP) is 3.56. The molecule has 0 spiro atoms. The second-order valence-corrected chi connectivity index (χ2v) is 5.93. The van der Waals surface area contributed by atoms with Crippen molar-refractivity contribution in [2.45, 2.75) is 20.3 Å². The second kappa shape index (κ2) is 6.79. The molecule has 7 heteroatoms. The van der Waals surface area contributed by atoms with Gasteiger partial charge in [0.25, 0.3) is 17.2 Å². The van der Waals surface area contributed by atoms with E-state index in [1.807, 2.05) is 19.9 Å². The molecular weight excluding hydrogens is 334 g/mol. The Morgan fingerprint density at radius 2 is 1.88 bits per heavy atom. The summed E-state index contributed by atoms with van der Waals surface area (Å²) < 4.78 is 0. The van der Waals surface area contributed by atoms with E-state index in [1.54, 1.807) is 12.1 Å². The minimum absolute atomic E-state index is 0.0768. The van der Waals surface area contributed by atoms with Gasteiger partial charge in [-0.05, 0) is 43.2 Å². The van der Waals surface area contributed by atoms with E-state index in [4.69, 9.17) is 0 Å². The van der Waals surface area contributed by atoms with Crippen molar-refractivity contribution in [3.05, 3.63) is 79.6 Å². The van der Waals surface area contributed by atoms with Crippen molar-refractivity contribution in [1.82, 2.24) is 4.98 Å². The molecular formula is C19H17N3O4. The first-order chi connectivity index (χ1) is 12.4. The van der Waals surface area contributed by atoms with Crippen molar-refractivity contribution in [3.8, 4) is 0 Å². The number of nitrogens with zero attached hydrogens (tertiary/aromatic N) is 1. The molecule has 0 atom stereocenters. The van der Waals surface area contributed by atoms with Crippen LogP contribution in [0.4, 0.5) is 11.4 Å². The summed E-state index contributed by atoms with van der Waals surface area (Å²) in [6.07, 6.45) is 0.649. The van der Waals surface area contributed by atoms with Crippen molar-refractivity contribution in [1.29, 1.82) is 0 Å². The number of hydrogen-bond donors (Lipinski definition) is 2. The van der Waals surface area contributed by atoms with Gasteiger partial charge in [0, 0.05) is 34.3 Å². The molecule has 0 saturated heterocycles. The van der Waals surface area contributed by atoms with E-state index >= 15 is 0 Å². The molecule has 2 N–H and O–H groups in total. The van der Waals surface area contributed by atoms with E-state index < -0.39 is 4.92 Å². The van der Waals surface area contributed by atoms with Gasteiger partial charge in [0.05, 0.1) is 10.4 Å². The van der Waals surface area contributed by atoms with Gasteiger partial charge in [-0.1, -0.05) is 13.0 Å². The van der Waals surface area contributed by atoms with Crippen LogP contribution in [-0.2, 0) is 6.42 Å². The molecule has 7 nitrogen and oxygen atoms in total. The number of fused-ring (bicyclic) bond motifs is 1. The number of nitrogens with one attached hydrogen (secondary N) is 2. The lowest BCUT2D eigenvalue weighted by molar-refractivity contribution is -0.384. The van der Waals surface area contributed by atoms with Crippen LogP contribution < -0.4 is 10.9 Å². The molecule has 3 rings (SSSR count). The molecule has 0 aliphatic rings. The maximum Gasteiger partial charge on any atom is 0.269 e. The molecule has 0 aliphatic heterocycles. The first kappa shape index (κ1) is 17.3. The number of carbonyl (C=O) groups is 1. The zero-order valence-corrected chi connectivity index (χ0v) is 14.3. The van der Waals surface area contributed by atoms with Crippen LogP contribution in [0.1, 0.15) is 28.4 Å². The van der Waals surface area contributed by atoms with Crippen LogP contribution in [0.15, 0.2) is 47.3 Å². The monoisotopic (exact) mass is 351 g/mol. The molecule has 1 heterocycles. The standard InChI is InChI=1S/C19H17N3O4/c1-3-15-11(2)16-9-6-13(10-17(16)21-19(15)24)20-18(23)12-4-7-14(8-5-12)22(25)26/h4-10H,3H2,1-2H3,(H,20,23)(H,21,24). The van der Waals surface area contributed by atoms with Crippen molar-refractivity contribution in [3.63, 3.8) is 0 Å². The van der Waals surface area contributed by atoms with E-state index in [0.717, 1.165) is 16.5 Å². The van der Waals surface area contributed by atoms with Gasteiger partial charge < -0.3 is 10.3 Å². The number of hydrogen-bond acceptors (Lipinski definition) is 4. The van der Waals surface area contributed by atoms with Crippen LogP contribution in [0.3, 0.4) is 0 Å². The molecule has 132 valence electrons. The van der Waals surface area contributed by atoms with E-state index in [1.165, 1.54) is 24.3 Å². The number of aromatic nitrogens is 1. The number of nitro groups is 1. The van der Waals surface area contributed by atoms with Crippen LogP contribution >= 0.6 is 0 Å². The van der Waals surface area contributed by atoms with Crippen molar-refractivity contribution in [2.75, 3.05) is 5.32 Å². The first-order valence-corrected chi connectivity index (χ1v) is 8.12. The Morgan fingerprint density at radius 3 is 2.50 bits per heavy atom. The van der Waals surface area contributed by atoms with Gasteiger partial charge in [0.1, 0.15) is 0 Å². The molecule has 2 aromatic carbocycles. The highest BCUT2D eigenvalue weighted by Gasteiger charge is 2.11. The fraction of sp³-hybridized carbons (Fsp3) is 0.158. The minimum atomic E-state index is -0.520. The zero-order chi connectivity index (χ0) is 18.8. The maximum atomic E-state index is 12.3.